The van der Waals surface area contributed by atoms with E-state index >= 15 is 0 Å². The highest BCUT2D eigenvalue weighted by Gasteiger charge is 2.09. The van der Waals surface area contributed by atoms with Crippen LogP contribution < -0.4 is 10.3 Å². The summed E-state index contributed by atoms with van der Waals surface area (Å²) in [6, 6.07) is 8.79. The molecule has 0 saturated heterocycles. The van der Waals surface area contributed by atoms with E-state index in [0.717, 1.165) is 24.5 Å². The minimum Gasteiger partial charge on any atom is -0.440 e. The highest BCUT2D eigenvalue weighted by atomic mass is 16.4. The van der Waals surface area contributed by atoms with Gasteiger partial charge < -0.3 is 9.32 Å². The van der Waals surface area contributed by atoms with Gasteiger partial charge in [0.1, 0.15) is 5.76 Å². The predicted molar refractivity (Wildman–Crippen MR) is 65.2 cm³/mol. The van der Waals surface area contributed by atoms with Crippen molar-refractivity contribution in [1.82, 2.24) is 0 Å². The highest BCUT2D eigenvalue weighted by Crippen LogP contribution is 2.25. The van der Waals surface area contributed by atoms with Crippen LogP contribution >= 0.6 is 0 Å². The monoisotopic (exact) mass is 217 g/mol. The first-order chi connectivity index (χ1) is 7.74. The summed E-state index contributed by atoms with van der Waals surface area (Å²) in [6.07, 6.45) is 0. The normalized spacial score (nSPS) is 10.6. The van der Waals surface area contributed by atoms with Crippen LogP contribution in [0.15, 0.2) is 39.5 Å². The third-order valence-corrected chi connectivity index (χ3v) is 2.68. The molecule has 16 heavy (non-hydrogen) atoms. The zero-order valence-corrected chi connectivity index (χ0v) is 9.56. The molecule has 0 radical (unpaired) electrons. The van der Waals surface area contributed by atoms with Gasteiger partial charge in [0.05, 0.1) is 0 Å². The average molecular weight is 217 g/mol. The van der Waals surface area contributed by atoms with Crippen molar-refractivity contribution >= 4 is 5.88 Å². The second-order valence-electron chi connectivity index (χ2n) is 3.65. The van der Waals surface area contributed by atoms with Crippen LogP contribution in [0.1, 0.15) is 13.8 Å². The van der Waals surface area contributed by atoms with Crippen molar-refractivity contribution in [2.45, 2.75) is 13.8 Å². The fourth-order valence-electron chi connectivity index (χ4n) is 1.75. The first-order valence-corrected chi connectivity index (χ1v) is 5.53. The molecule has 0 N–H and O–H groups in total. The van der Waals surface area contributed by atoms with E-state index < -0.39 is 0 Å². The smallest absolute Gasteiger partial charge is 0.196 e. The summed E-state index contributed by atoms with van der Waals surface area (Å²) < 4.78 is 5.71. The van der Waals surface area contributed by atoms with E-state index in [0.29, 0.717) is 5.76 Å². The lowest BCUT2D eigenvalue weighted by atomic mass is 10.1. The van der Waals surface area contributed by atoms with Crippen LogP contribution in [0.4, 0.5) is 5.88 Å². The van der Waals surface area contributed by atoms with E-state index in [9.17, 15) is 4.79 Å². The Labute approximate surface area is 94.7 Å². The second-order valence-corrected chi connectivity index (χ2v) is 3.65. The first-order valence-electron chi connectivity index (χ1n) is 5.53. The summed E-state index contributed by atoms with van der Waals surface area (Å²) in [5, 5.41) is 0. The first kappa shape index (κ1) is 10.7. The Kier molecular flexibility index (Phi) is 2.95. The Balaban J connectivity index is 2.51. The minimum atomic E-state index is -0.0204. The van der Waals surface area contributed by atoms with Gasteiger partial charge in [-0.05, 0) is 38.1 Å². The Morgan fingerprint density at radius 1 is 1.12 bits per heavy atom. The van der Waals surface area contributed by atoms with Gasteiger partial charge in [0.25, 0.3) is 0 Å². The topological polar surface area (TPSA) is 33.5 Å². The molecule has 3 heteroatoms. The summed E-state index contributed by atoms with van der Waals surface area (Å²) in [5.41, 5.74) is 0.934. The highest BCUT2D eigenvalue weighted by molar-refractivity contribution is 5.60. The molecule has 3 nitrogen and oxygen atoms in total. The predicted octanol–water partition coefficient (Wildman–Crippen LogP) is 2.59. The van der Waals surface area contributed by atoms with E-state index in [1.165, 1.54) is 6.07 Å². The third kappa shape index (κ3) is 1.94. The number of nitrogens with zero attached hydrogens (tertiary/aromatic N) is 1. The maximum Gasteiger partial charge on any atom is 0.196 e. The number of fused-ring (bicyclic) bond motifs is 1. The summed E-state index contributed by atoms with van der Waals surface area (Å²) in [5.74, 6) is 1.46. The summed E-state index contributed by atoms with van der Waals surface area (Å²) in [7, 11) is 0. The molecule has 0 atom stereocenters. The molecule has 0 fully saturated rings. The van der Waals surface area contributed by atoms with Crippen molar-refractivity contribution in [1.29, 1.82) is 0 Å². The lowest BCUT2D eigenvalue weighted by molar-refractivity contribution is 0.547. The Bertz CT molecular complexity index is 500. The number of hydrogen-bond donors (Lipinski definition) is 0. The Morgan fingerprint density at radius 3 is 2.50 bits per heavy atom. The van der Waals surface area contributed by atoms with E-state index in [2.05, 4.69) is 18.7 Å². The lowest BCUT2D eigenvalue weighted by Crippen LogP contribution is -2.21. The van der Waals surface area contributed by atoms with Crippen LogP contribution in [0.3, 0.4) is 0 Å². The molecule has 0 aromatic heterocycles. The van der Waals surface area contributed by atoms with Gasteiger partial charge in [-0.1, -0.05) is 0 Å². The van der Waals surface area contributed by atoms with Gasteiger partial charge in [0, 0.05) is 24.7 Å². The van der Waals surface area contributed by atoms with E-state index in [1.54, 1.807) is 12.1 Å². The number of hydrogen-bond acceptors (Lipinski definition) is 3. The van der Waals surface area contributed by atoms with E-state index in [4.69, 9.17) is 4.42 Å². The molecule has 1 aliphatic heterocycles. The van der Waals surface area contributed by atoms with E-state index in [1.807, 2.05) is 12.1 Å². The molecular formula is C13H15NO2. The maximum absolute atomic E-state index is 11.2. The van der Waals surface area contributed by atoms with Crippen LogP contribution in [-0.4, -0.2) is 13.1 Å². The lowest BCUT2D eigenvalue weighted by Gasteiger charge is -2.20. The fraction of sp³-hybridized carbons (Fsp3) is 0.308. The second kappa shape index (κ2) is 4.39. The third-order valence-electron chi connectivity index (χ3n) is 2.68. The van der Waals surface area contributed by atoms with Crippen molar-refractivity contribution in [3.8, 4) is 11.3 Å². The molecule has 0 aromatic carbocycles. The molecular weight excluding hydrogens is 202 g/mol. The van der Waals surface area contributed by atoms with Crippen LogP contribution in [0.5, 0.6) is 0 Å². The molecule has 0 spiro atoms. The number of benzene rings is 1. The van der Waals surface area contributed by atoms with Gasteiger partial charge in [-0.2, -0.15) is 0 Å². The molecule has 0 saturated carbocycles. The summed E-state index contributed by atoms with van der Waals surface area (Å²) >= 11 is 0. The van der Waals surface area contributed by atoms with Crippen LogP contribution in [-0.2, 0) is 0 Å². The standard InChI is InChI=1S/C13H15NO2/c1-3-14(4-2)13-8-6-10-5-7-11(15)9-12(10)16-13/h5-9H,3-4H2,1-2H3. The van der Waals surface area contributed by atoms with Crippen molar-refractivity contribution in [3.63, 3.8) is 0 Å². The Morgan fingerprint density at radius 2 is 1.81 bits per heavy atom. The quantitative estimate of drug-likeness (QED) is 0.792. The van der Waals surface area contributed by atoms with Gasteiger partial charge in [-0.25, -0.2) is 0 Å². The SMILES string of the molecule is CCN(CC)c1ccc2ccc(=O)cc-2o1. The number of rotatable bonds is 3. The van der Waals surface area contributed by atoms with Crippen molar-refractivity contribution in [2.24, 2.45) is 0 Å². The van der Waals surface area contributed by atoms with Gasteiger partial charge >= 0.3 is 0 Å². The van der Waals surface area contributed by atoms with Crippen LogP contribution in [0, 0.1) is 0 Å². The molecule has 84 valence electrons. The summed E-state index contributed by atoms with van der Waals surface area (Å²) in [4.78, 5) is 13.3. The minimum absolute atomic E-state index is 0.0204. The molecule has 2 rings (SSSR count). The van der Waals surface area contributed by atoms with Crippen LogP contribution in [0.2, 0.25) is 0 Å². The molecule has 0 amide bonds. The van der Waals surface area contributed by atoms with Crippen molar-refractivity contribution in [3.05, 3.63) is 40.6 Å². The Hall–Kier alpha value is -1.77. The average Bonchev–Trinajstić information content (AvgIpc) is 2.30. The zero-order valence-electron chi connectivity index (χ0n) is 9.56. The van der Waals surface area contributed by atoms with Crippen LogP contribution in [0.25, 0.3) is 11.3 Å². The number of anilines is 1. The summed E-state index contributed by atoms with van der Waals surface area (Å²) in [6.45, 7) is 5.94. The van der Waals surface area contributed by atoms with Gasteiger partial charge in [-0.3, -0.25) is 4.79 Å². The molecule has 2 aliphatic rings. The van der Waals surface area contributed by atoms with Gasteiger partial charge in [0.15, 0.2) is 11.3 Å². The maximum atomic E-state index is 11.2. The van der Waals surface area contributed by atoms with Gasteiger partial charge in [0.2, 0.25) is 0 Å². The molecule has 1 heterocycles. The van der Waals surface area contributed by atoms with E-state index in [-0.39, 0.29) is 5.43 Å². The fourth-order valence-corrected chi connectivity index (χ4v) is 1.75. The molecule has 1 aliphatic carbocycles. The van der Waals surface area contributed by atoms with Gasteiger partial charge in [-0.15, -0.1) is 0 Å². The molecule has 0 unspecified atom stereocenters. The molecule has 0 aromatic rings. The van der Waals surface area contributed by atoms with Crippen molar-refractivity contribution < 1.29 is 4.42 Å². The zero-order chi connectivity index (χ0) is 11.5. The largest absolute Gasteiger partial charge is 0.440 e. The molecule has 0 bridgehead atoms. The van der Waals surface area contributed by atoms with Crippen molar-refractivity contribution in [2.75, 3.05) is 18.0 Å².